The largest absolute Gasteiger partial charge is 0.504 e. The zero-order valence-corrected chi connectivity index (χ0v) is 11.9. The number of imidazole rings is 1. The highest BCUT2D eigenvalue weighted by atomic mass is 16.5. The van der Waals surface area contributed by atoms with Gasteiger partial charge in [0.2, 0.25) is 0 Å². The van der Waals surface area contributed by atoms with Crippen molar-refractivity contribution in [2.45, 2.75) is 32.9 Å². The van der Waals surface area contributed by atoms with Crippen molar-refractivity contribution in [1.29, 1.82) is 0 Å². The smallest absolute Gasteiger partial charge is 0.161 e. The molecule has 1 unspecified atom stereocenters. The van der Waals surface area contributed by atoms with E-state index in [0.29, 0.717) is 18.9 Å². The van der Waals surface area contributed by atoms with Crippen molar-refractivity contribution in [3.05, 3.63) is 42.0 Å². The summed E-state index contributed by atoms with van der Waals surface area (Å²) in [6.45, 7) is 5.24. The van der Waals surface area contributed by atoms with E-state index in [1.54, 1.807) is 12.3 Å². The Hall–Kier alpha value is -2.01. The van der Waals surface area contributed by atoms with Crippen LogP contribution in [0.1, 0.15) is 37.7 Å². The number of hydrogen-bond donors (Lipinski definition) is 3. The number of aromatic hydroxyl groups is 1. The molecule has 2 rings (SSSR count). The fourth-order valence-electron chi connectivity index (χ4n) is 2.08. The standard InChI is InChI=1S/C15H21N3O2/c1-3-12(15-16-7-8-17-15)18-10-11-5-6-13(19)14(9-11)20-4-2/h5-9,12,18-19H,3-4,10H2,1-2H3,(H,16,17). The number of ether oxygens (including phenoxy) is 1. The number of rotatable bonds is 7. The minimum atomic E-state index is 0.175. The molecular formula is C15H21N3O2. The fourth-order valence-corrected chi connectivity index (χ4v) is 2.08. The Morgan fingerprint density at radius 1 is 1.40 bits per heavy atom. The van der Waals surface area contributed by atoms with Crippen LogP contribution in [-0.4, -0.2) is 21.7 Å². The molecule has 1 heterocycles. The number of hydrogen-bond acceptors (Lipinski definition) is 4. The molecule has 3 N–H and O–H groups in total. The van der Waals surface area contributed by atoms with E-state index in [9.17, 15) is 5.11 Å². The molecule has 0 saturated carbocycles. The van der Waals surface area contributed by atoms with Crippen molar-refractivity contribution >= 4 is 0 Å². The maximum atomic E-state index is 9.68. The molecule has 0 bridgehead atoms. The van der Waals surface area contributed by atoms with Crippen molar-refractivity contribution in [3.63, 3.8) is 0 Å². The lowest BCUT2D eigenvalue weighted by atomic mass is 10.1. The first kappa shape index (κ1) is 14.4. The third kappa shape index (κ3) is 3.51. The third-order valence-electron chi connectivity index (χ3n) is 3.13. The van der Waals surface area contributed by atoms with Gasteiger partial charge in [0.15, 0.2) is 11.5 Å². The molecule has 5 nitrogen and oxygen atoms in total. The highest BCUT2D eigenvalue weighted by Gasteiger charge is 2.11. The van der Waals surface area contributed by atoms with E-state index in [-0.39, 0.29) is 11.8 Å². The minimum absolute atomic E-state index is 0.175. The molecule has 0 aliphatic carbocycles. The number of H-pyrrole nitrogens is 1. The summed E-state index contributed by atoms with van der Waals surface area (Å²) in [6, 6.07) is 5.60. The van der Waals surface area contributed by atoms with Gasteiger partial charge >= 0.3 is 0 Å². The van der Waals surface area contributed by atoms with Crippen LogP contribution in [0.3, 0.4) is 0 Å². The Balaban J connectivity index is 2.01. The number of phenols is 1. The van der Waals surface area contributed by atoms with Crippen LogP contribution >= 0.6 is 0 Å². The van der Waals surface area contributed by atoms with Crippen LogP contribution in [0.2, 0.25) is 0 Å². The van der Waals surface area contributed by atoms with Gasteiger partial charge in [0.05, 0.1) is 12.6 Å². The number of aromatic nitrogens is 2. The van der Waals surface area contributed by atoms with E-state index in [2.05, 4.69) is 22.2 Å². The zero-order valence-electron chi connectivity index (χ0n) is 11.9. The van der Waals surface area contributed by atoms with Gasteiger partial charge in [-0.1, -0.05) is 13.0 Å². The number of benzene rings is 1. The predicted molar refractivity (Wildman–Crippen MR) is 77.7 cm³/mol. The highest BCUT2D eigenvalue weighted by Crippen LogP contribution is 2.27. The van der Waals surface area contributed by atoms with Crippen LogP contribution in [-0.2, 0) is 6.54 Å². The second-order valence-corrected chi connectivity index (χ2v) is 4.55. The average molecular weight is 275 g/mol. The van der Waals surface area contributed by atoms with Crippen LogP contribution in [0.15, 0.2) is 30.6 Å². The van der Waals surface area contributed by atoms with E-state index < -0.39 is 0 Å². The molecule has 5 heteroatoms. The van der Waals surface area contributed by atoms with Gasteiger partial charge in [0.1, 0.15) is 5.82 Å². The normalized spacial score (nSPS) is 12.3. The maximum absolute atomic E-state index is 9.68. The van der Waals surface area contributed by atoms with Gasteiger partial charge in [0, 0.05) is 18.9 Å². The van der Waals surface area contributed by atoms with Crippen molar-refractivity contribution in [2.75, 3.05) is 6.61 Å². The second kappa shape index (κ2) is 6.96. The molecule has 0 amide bonds. The van der Waals surface area contributed by atoms with Crippen LogP contribution in [0, 0.1) is 0 Å². The molecule has 108 valence electrons. The highest BCUT2D eigenvalue weighted by molar-refractivity contribution is 5.41. The monoisotopic (exact) mass is 275 g/mol. The summed E-state index contributed by atoms with van der Waals surface area (Å²) in [4.78, 5) is 7.40. The molecule has 20 heavy (non-hydrogen) atoms. The number of phenolic OH excluding ortho intramolecular Hbond substituents is 1. The summed E-state index contributed by atoms with van der Waals surface area (Å²) in [6.07, 6.45) is 4.53. The van der Waals surface area contributed by atoms with Gasteiger partial charge in [-0.25, -0.2) is 4.98 Å². The topological polar surface area (TPSA) is 70.2 Å². The summed E-state index contributed by atoms with van der Waals surface area (Å²) in [5.74, 6) is 1.64. The van der Waals surface area contributed by atoms with Gasteiger partial charge in [-0.05, 0) is 31.0 Å². The Labute approximate surface area is 119 Å². The van der Waals surface area contributed by atoms with E-state index in [1.165, 1.54) is 0 Å². The maximum Gasteiger partial charge on any atom is 0.161 e. The minimum Gasteiger partial charge on any atom is -0.504 e. The molecule has 1 atom stereocenters. The molecule has 0 radical (unpaired) electrons. The lowest BCUT2D eigenvalue weighted by molar-refractivity contribution is 0.317. The second-order valence-electron chi connectivity index (χ2n) is 4.55. The molecule has 0 fully saturated rings. The summed E-state index contributed by atoms with van der Waals surface area (Å²) in [5, 5.41) is 13.1. The fraction of sp³-hybridized carbons (Fsp3) is 0.400. The van der Waals surface area contributed by atoms with Gasteiger partial charge in [-0.3, -0.25) is 0 Å². The molecular weight excluding hydrogens is 254 g/mol. The number of nitrogens with zero attached hydrogens (tertiary/aromatic N) is 1. The van der Waals surface area contributed by atoms with E-state index in [4.69, 9.17) is 4.74 Å². The van der Waals surface area contributed by atoms with E-state index in [0.717, 1.165) is 17.8 Å². The quantitative estimate of drug-likeness (QED) is 0.726. The first-order chi connectivity index (χ1) is 9.74. The Morgan fingerprint density at radius 2 is 2.25 bits per heavy atom. The summed E-state index contributed by atoms with van der Waals surface area (Å²) < 4.78 is 5.39. The zero-order chi connectivity index (χ0) is 14.4. The molecule has 1 aromatic carbocycles. The van der Waals surface area contributed by atoms with Crippen molar-refractivity contribution in [2.24, 2.45) is 0 Å². The first-order valence-electron chi connectivity index (χ1n) is 6.92. The first-order valence-corrected chi connectivity index (χ1v) is 6.92. The van der Waals surface area contributed by atoms with E-state index in [1.807, 2.05) is 25.3 Å². The van der Waals surface area contributed by atoms with Crippen molar-refractivity contribution < 1.29 is 9.84 Å². The number of nitrogens with one attached hydrogen (secondary N) is 2. The lowest BCUT2D eigenvalue weighted by Crippen LogP contribution is -2.21. The summed E-state index contributed by atoms with van der Waals surface area (Å²) in [7, 11) is 0. The van der Waals surface area contributed by atoms with Gasteiger partial charge in [0.25, 0.3) is 0 Å². The SMILES string of the molecule is CCOc1cc(CNC(CC)c2ncc[nH]2)ccc1O. The third-order valence-corrected chi connectivity index (χ3v) is 3.13. The van der Waals surface area contributed by atoms with Crippen LogP contribution in [0.25, 0.3) is 0 Å². The predicted octanol–water partition coefficient (Wildman–Crippen LogP) is 2.75. The molecule has 0 saturated heterocycles. The lowest BCUT2D eigenvalue weighted by Gasteiger charge is -2.15. The van der Waals surface area contributed by atoms with Gasteiger partial charge in [-0.15, -0.1) is 0 Å². The van der Waals surface area contributed by atoms with Gasteiger partial charge in [-0.2, -0.15) is 0 Å². The van der Waals surface area contributed by atoms with Crippen LogP contribution in [0.4, 0.5) is 0 Å². The Morgan fingerprint density at radius 3 is 2.90 bits per heavy atom. The van der Waals surface area contributed by atoms with Crippen molar-refractivity contribution in [3.8, 4) is 11.5 Å². The Kier molecular flexibility index (Phi) is 5.01. The van der Waals surface area contributed by atoms with E-state index >= 15 is 0 Å². The summed E-state index contributed by atoms with van der Waals surface area (Å²) >= 11 is 0. The summed E-state index contributed by atoms with van der Waals surface area (Å²) in [5.41, 5.74) is 1.07. The van der Waals surface area contributed by atoms with Crippen LogP contribution in [0.5, 0.6) is 11.5 Å². The van der Waals surface area contributed by atoms with Crippen LogP contribution < -0.4 is 10.1 Å². The van der Waals surface area contributed by atoms with Crippen molar-refractivity contribution in [1.82, 2.24) is 15.3 Å². The molecule has 2 aromatic rings. The molecule has 0 spiro atoms. The molecule has 1 aromatic heterocycles. The molecule has 0 aliphatic rings. The molecule has 0 aliphatic heterocycles. The van der Waals surface area contributed by atoms with Gasteiger partial charge < -0.3 is 20.1 Å². The number of aromatic amines is 1. The Bertz CT molecular complexity index is 526. The average Bonchev–Trinajstić information content (AvgIpc) is 2.97.